The molecule has 1 aromatic heterocycles. The lowest BCUT2D eigenvalue weighted by molar-refractivity contribution is -0.118. The Morgan fingerprint density at radius 2 is 2.08 bits per heavy atom. The average Bonchev–Trinajstić information content (AvgIpc) is 3.02. The highest BCUT2D eigenvalue weighted by molar-refractivity contribution is 5.93. The Morgan fingerprint density at radius 3 is 2.73 bits per heavy atom. The molecule has 8 nitrogen and oxygen atoms in total. The number of hydrogen-bond acceptors (Lipinski definition) is 5. The number of aliphatic hydroxyl groups excluding tert-OH is 1. The number of nitrogens with one attached hydrogen (secondary N) is 3. The molecule has 0 saturated heterocycles. The van der Waals surface area contributed by atoms with Gasteiger partial charge in [0, 0.05) is 29.6 Å². The Labute approximate surface area is 153 Å². The Hall–Kier alpha value is -2.09. The summed E-state index contributed by atoms with van der Waals surface area (Å²) in [5, 5.41) is 22.2. The van der Waals surface area contributed by atoms with Crippen LogP contribution in [0.25, 0.3) is 0 Å². The van der Waals surface area contributed by atoms with E-state index in [9.17, 15) is 14.7 Å². The monoisotopic (exact) mass is 364 g/mol. The number of rotatable bonds is 6. The maximum atomic E-state index is 12.1. The molecular formula is C18H28N4O4. The fourth-order valence-electron chi connectivity index (χ4n) is 3.63. The molecule has 144 valence electrons. The van der Waals surface area contributed by atoms with Crippen LogP contribution in [0.2, 0.25) is 0 Å². The smallest absolute Gasteiger partial charge is 0.407 e. The lowest BCUT2D eigenvalue weighted by Gasteiger charge is -2.14. The SMILES string of the molecule is CC(C)NC(=O)O[C@@H]1CC[C@H](c2cc(NC(=O)[C@H]3C[C@@H]3C(C)O)n[nH]2)C1. The van der Waals surface area contributed by atoms with Gasteiger partial charge >= 0.3 is 6.09 Å². The molecule has 4 N–H and O–H groups in total. The summed E-state index contributed by atoms with van der Waals surface area (Å²) in [5.74, 6) is 0.572. The van der Waals surface area contributed by atoms with Gasteiger partial charge in [-0.3, -0.25) is 9.89 Å². The number of amides is 2. The van der Waals surface area contributed by atoms with Crippen LogP contribution in [0.1, 0.15) is 58.1 Å². The lowest BCUT2D eigenvalue weighted by atomic mass is 10.0. The van der Waals surface area contributed by atoms with E-state index in [4.69, 9.17) is 4.74 Å². The van der Waals surface area contributed by atoms with Gasteiger partial charge in [-0.2, -0.15) is 5.10 Å². The number of ether oxygens (including phenoxy) is 1. The van der Waals surface area contributed by atoms with Crippen LogP contribution in [-0.4, -0.2) is 45.6 Å². The zero-order chi connectivity index (χ0) is 18.8. The van der Waals surface area contributed by atoms with Crippen molar-refractivity contribution in [2.75, 3.05) is 5.32 Å². The van der Waals surface area contributed by atoms with Crippen molar-refractivity contribution < 1.29 is 19.4 Å². The van der Waals surface area contributed by atoms with Gasteiger partial charge in [0.25, 0.3) is 0 Å². The van der Waals surface area contributed by atoms with Gasteiger partial charge in [-0.05, 0) is 52.4 Å². The van der Waals surface area contributed by atoms with Crippen molar-refractivity contribution >= 4 is 17.8 Å². The molecule has 3 rings (SSSR count). The highest BCUT2D eigenvalue weighted by atomic mass is 16.6. The second-order valence-electron chi connectivity index (χ2n) is 7.78. The Morgan fingerprint density at radius 1 is 1.31 bits per heavy atom. The fraction of sp³-hybridized carbons (Fsp3) is 0.722. The Balaban J connectivity index is 1.48. The van der Waals surface area contributed by atoms with Crippen LogP contribution in [0.5, 0.6) is 0 Å². The van der Waals surface area contributed by atoms with Crippen molar-refractivity contribution in [2.24, 2.45) is 11.8 Å². The van der Waals surface area contributed by atoms with Gasteiger partial charge in [0.1, 0.15) is 6.10 Å². The molecule has 0 aliphatic heterocycles. The van der Waals surface area contributed by atoms with E-state index in [0.29, 0.717) is 5.82 Å². The van der Waals surface area contributed by atoms with Crippen molar-refractivity contribution in [3.05, 3.63) is 11.8 Å². The first-order valence-electron chi connectivity index (χ1n) is 9.35. The zero-order valence-corrected chi connectivity index (χ0v) is 15.5. The Kier molecular flexibility index (Phi) is 5.50. The molecule has 26 heavy (non-hydrogen) atoms. The van der Waals surface area contributed by atoms with E-state index < -0.39 is 6.10 Å². The Bertz CT molecular complexity index is 657. The topological polar surface area (TPSA) is 116 Å². The number of H-pyrrole nitrogens is 1. The third kappa shape index (κ3) is 4.55. The molecule has 0 radical (unpaired) electrons. The highest BCUT2D eigenvalue weighted by Gasteiger charge is 2.45. The van der Waals surface area contributed by atoms with Gasteiger partial charge in [-0.1, -0.05) is 0 Å². The first-order valence-corrected chi connectivity index (χ1v) is 9.35. The van der Waals surface area contributed by atoms with Crippen LogP contribution in [0.3, 0.4) is 0 Å². The summed E-state index contributed by atoms with van der Waals surface area (Å²) in [6, 6.07) is 1.90. The summed E-state index contributed by atoms with van der Waals surface area (Å²) in [7, 11) is 0. The molecule has 8 heteroatoms. The van der Waals surface area contributed by atoms with Crippen molar-refractivity contribution in [1.29, 1.82) is 0 Å². The summed E-state index contributed by atoms with van der Waals surface area (Å²) < 4.78 is 5.44. The number of carbonyl (C=O) groups is 2. The van der Waals surface area contributed by atoms with Crippen LogP contribution < -0.4 is 10.6 Å². The maximum absolute atomic E-state index is 12.1. The molecule has 2 fully saturated rings. The summed E-state index contributed by atoms with van der Waals surface area (Å²) in [4.78, 5) is 23.8. The van der Waals surface area contributed by atoms with Gasteiger partial charge < -0.3 is 20.5 Å². The summed E-state index contributed by atoms with van der Waals surface area (Å²) >= 11 is 0. The molecule has 0 aromatic carbocycles. The largest absolute Gasteiger partial charge is 0.446 e. The fourth-order valence-corrected chi connectivity index (χ4v) is 3.63. The predicted octanol–water partition coefficient (Wildman–Crippen LogP) is 2.14. The lowest BCUT2D eigenvalue weighted by Crippen LogP contribution is -2.33. The first kappa shape index (κ1) is 18.7. The number of anilines is 1. The molecule has 5 atom stereocenters. The van der Waals surface area contributed by atoms with E-state index in [0.717, 1.165) is 31.4 Å². The van der Waals surface area contributed by atoms with Crippen molar-refractivity contribution in [3.63, 3.8) is 0 Å². The van der Waals surface area contributed by atoms with E-state index >= 15 is 0 Å². The van der Waals surface area contributed by atoms with Gasteiger partial charge in [-0.15, -0.1) is 0 Å². The summed E-state index contributed by atoms with van der Waals surface area (Å²) in [6.45, 7) is 5.50. The molecule has 0 bridgehead atoms. The van der Waals surface area contributed by atoms with Crippen LogP contribution in [-0.2, 0) is 9.53 Å². The molecule has 2 aliphatic carbocycles. The normalized spacial score (nSPS) is 28.7. The second kappa shape index (κ2) is 7.65. The highest BCUT2D eigenvalue weighted by Crippen LogP contribution is 2.42. The van der Waals surface area contributed by atoms with Gasteiger partial charge in [0.15, 0.2) is 5.82 Å². The standard InChI is InChI=1S/C18H28N4O4/c1-9(2)19-18(25)26-12-5-4-11(6-12)15-8-16(22-21-15)20-17(24)14-7-13(14)10(3)23/h8-14,23H,4-7H2,1-3H3,(H,19,25)(H2,20,21,22,24)/t10?,11-,12+,13+,14-/m0/s1. The molecule has 2 amide bonds. The molecule has 2 saturated carbocycles. The second-order valence-corrected chi connectivity index (χ2v) is 7.78. The molecule has 2 aliphatic rings. The van der Waals surface area contributed by atoms with Crippen LogP contribution in [0.4, 0.5) is 10.6 Å². The quantitative estimate of drug-likeness (QED) is 0.617. The van der Waals surface area contributed by atoms with Crippen LogP contribution in [0.15, 0.2) is 6.07 Å². The van der Waals surface area contributed by atoms with E-state index in [1.165, 1.54) is 0 Å². The minimum atomic E-state index is -0.455. The van der Waals surface area contributed by atoms with E-state index in [1.807, 2.05) is 19.9 Å². The number of aromatic amines is 1. The minimum absolute atomic E-state index is 0.0538. The van der Waals surface area contributed by atoms with Gasteiger partial charge in [0.05, 0.1) is 6.10 Å². The molecular weight excluding hydrogens is 336 g/mol. The molecule has 1 heterocycles. The van der Waals surface area contributed by atoms with Crippen molar-refractivity contribution in [2.45, 2.75) is 70.6 Å². The molecule has 0 spiro atoms. The van der Waals surface area contributed by atoms with Crippen molar-refractivity contribution in [1.82, 2.24) is 15.5 Å². The number of nitrogens with zero attached hydrogens (tertiary/aromatic N) is 1. The van der Waals surface area contributed by atoms with E-state index in [2.05, 4.69) is 20.8 Å². The van der Waals surface area contributed by atoms with Crippen LogP contribution in [0, 0.1) is 11.8 Å². The first-order chi connectivity index (χ1) is 12.3. The predicted molar refractivity (Wildman–Crippen MR) is 95.6 cm³/mol. The summed E-state index contributed by atoms with van der Waals surface area (Å²) in [6.07, 6.45) is 2.26. The number of hydrogen-bond donors (Lipinski definition) is 4. The number of carbonyl (C=O) groups excluding carboxylic acids is 2. The molecule has 1 aromatic rings. The average molecular weight is 364 g/mol. The minimum Gasteiger partial charge on any atom is -0.446 e. The van der Waals surface area contributed by atoms with Crippen LogP contribution >= 0.6 is 0 Å². The third-order valence-electron chi connectivity index (χ3n) is 5.15. The number of aliphatic hydroxyl groups is 1. The summed E-state index contributed by atoms with van der Waals surface area (Å²) in [5.41, 5.74) is 0.943. The molecule has 1 unspecified atom stereocenters. The van der Waals surface area contributed by atoms with E-state index in [-0.39, 0.29) is 41.9 Å². The van der Waals surface area contributed by atoms with Gasteiger partial charge in [0.2, 0.25) is 5.91 Å². The van der Waals surface area contributed by atoms with Crippen molar-refractivity contribution in [3.8, 4) is 0 Å². The zero-order valence-electron chi connectivity index (χ0n) is 15.5. The van der Waals surface area contributed by atoms with E-state index in [1.54, 1.807) is 6.92 Å². The number of aromatic nitrogens is 2. The number of alkyl carbamates (subject to hydrolysis) is 1. The van der Waals surface area contributed by atoms with Gasteiger partial charge in [-0.25, -0.2) is 4.79 Å². The third-order valence-corrected chi connectivity index (χ3v) is 5.15. The maximum Gasteiger partial charge on any atom is 0.407 e.